The van der Waals surface area contributed by atoms with Crippen molar-refractivity contribution in [1.82, 2.24) is 0 Å². The Hall–Kier alpha value is -2.41. The standard InChI is InChI=1S/C14H12N2O4S/c17-16(18)13-7-3-4-8-14(13)21(19,20)15-10-9-11-5-1-2-6-12(11)15/h1-8H,9-10H2. The van der Waals surface area contributed by atoms with Crippen molar-refractivity contribution in [1.29, 1.82) is 0 Å². The number of sulfonamides is 1. The van der Waals surface area contributed by atoms with Gasteiger partial charge in [-0.05, 0) is 24.1 Å². The zero-order valence-corrected chi connectivity index (χ0v) is 11.8. The van der Waals surface area contributed by atoms with E-state index in [1.54, 1.807) is 12.1 Å². The Balaban J connectivity index is 2.14. The molecule has 0 bridgehead atoms. The van der Waals surface area contributed by atoms with Crippen LogP contribution in [0.1, 0.15) is 5.56 Å². The number of rotatable bonds is 3. The minimum atomic E-state index is -3.94. The SMILES string of the molecule is O=[N+]([O-])c1ccccc1S(=O)(=O)N1CCc2ccccc21. The van der Waals surface area contributed by atoms with E-state index in [1.165, 1.54) is 28.6 Å². The number of benzene rings is 2. The molecule has 0 saturated heterocycles. The van der Waals surface area contributed by atoms with E-state index in [0.29, 0.717) is 18.7 Å². The minimum Gasteiger partial charge on any atom is -0.266 e. The molecule has 0 N–H and O–H groups in total. The molecule has 0 fully saturated rings. The molecule has 0 amide bonds. The highest BCUT2D eigenvalue weighted by Crippen LogP contribution is 2.35. The quantitative estimate of drug-likeness (QED) is 0.644. The van der Waals surface area contributed by atoms with E-state index >= 15 is 0 Å². The van der Waals surface area contributed by atoms with E-state index < -0.39 is 20.6 Å². The smallest absolute Gasteiger partial charge is 0.266 e. The highest BCUT2D eigenvalue weighted by molar-refractivity contribution is 7.93. The first kappa shape index (κ1) is 13.6. The summed E-state index contributed by atoms with van der Waals surface area (Å²) in [6, 6.07) is 12.6. The molecule has 0 aliphatic carbocycles. The molecule has 0 aromatic heterocycles. The lowest BCUT2D eigenvalue weighted by Gasteiger charge is -2.19. The Morgan fingerprint density at radius 2 is 1.71 bits per heavy atom. The molecule has 0 unspecified atom stereocenters. The lowest BCUT2D eigenvalue weighted by atomic mass is 10.2. The Kier molecular flexibility index (Phi) is 3.13. The van der Waals surface area contributed by atoms with E-state index in [2.05, 4.69) is 0 Å². The third-order valence-electron chi connectivity index (χ3n) is 3.47. The summed E-state index contributed by atoms with van der Waals surface area (Å²) in [5.74, 6) is 0. The number of hydrogen-bond donors (Lipinski definition) is 0. The van der Waals surface area contributed by atoms with Gasteiger partial charge in [-0.2, -0.15) is 0 Å². The van der Waals surface area contributed by atoms with Crippen molar-refractivity contribution in [3.8, 4) is 0 Å². The van der Waals surface area contributed by atoms with E-state index in [0.717, 1.165) is 5.56 Å². The monoisotopic (exact) mass is 304 g/mol. The van der Waals surface area contributed by atoms with Crippen LogP contribution in [0.4, 0.5) is 11.4 Å². The number of hydrogen-bond acceptors (Lipinski definition) is 4. The van der Waals surface area contributed by atoms with Gasteiger partial charge in [-0.15, -0.1) is 0 Å². The van der Waals surface area contributed by atoms with Crippen LogP contribution < -0.4 is 4.31 Å². The van der Waals surface area contributed by atoms with Gasteiger partial charge in [0.2, 0.25) is 0 Å². The maximum absolute atomic E-state index is 12.7. The lowest BCUT2D eigenvalue weighted by Crippen LogP contribution is -2.29. The van der Waals surface area contributed by atoms with Crippen molar-refractivity contribution in [3.63, 3.8) is 0 Å². The highest BCUT2D eigenvalue weighted by atomic mass is 32.2. The second-order valence-electron chi connectivity index (χ2n) is 4.68. The van der Waals surface area contributed by atoms with Gasteiger partial charge in [0.25, 0.3) is 15.7 Å². The maximum Gasteiger partial charge on any atom is 0.289 e. The van der Waals surface area contributed by atoms with Gasteiger partial charge in [0.05, 0.1) is 10.6 Å². The first-order valence-corrected chi connectivity index (χ1v) is 7.80. The van der Waals surface area contributed by atoms with Gasteiger partial charge in [0.15, 0.2) is 4.90 Å². The molecule has 6 nitrogen and oxygen atoms in total. The molecule has 108 valence electrons. The summed E-state index contributed by atoms with van der Waals surface area (Å²) in [6.07, 6.45) is 0.607. The van der Waals surface area contributed by atoms with Crippen molar-refractivity contribution in [3.05, 3.63) is 64.2 Å². The molecule has 1 aliphatic rings. The summed E-state index contributed by atoms with van der Waals surface area (Å²) in [5, 5.41) is 11.1. The van der Waals surface area contributed by atoms with Gasteiger partial charge in [0.1, 0.15) is 0 Å². The zero-order chi connectivity index (χ0) is 15.0. The highest BCUT2D eigenvalue weighted by Gasteiger charge is 2.34. The number of para-hydroxylation sites is 2. The van der Waals surface area contributed by atoms with Crippen molar-refractivity contribution in [2.24, 2.45) is 0 Å². The van der Waals surface area contributed by atoms with Gasteiger partial charge < -0.3 is 0 Å². The van der Waals surface area contributed by atoms with Crippen LogP contribution in [0.15, 0.2) is 53.4 Å². The Bertz CT molecular complexity index is 817. The summed E-state index contributed by atoms with van der Waals surface area (Å²) in [5.41, 5.74) is 1.12. The van der Waals surface area contributed by atoms with Gasteiger partial charge in [-0.1, -0.05) is 30.3 Å². The molecule has 0 spiro atoms. The molecular formula is C14H12N2O4S. The van der Waals surface area contributed by atoms with E-state index in [-0.39, 0.29) is 4.90 Å². The first-order chi connectivity index (χ1) is 10.0. The zero-order valence-electron chi connectivity index (χ0n) is 11.0. The fourth-order valence-corrected chi connectivity index (χ4v) is 4.17. The average molecular weight is 304 g/mol. The third kappa shape index (κ3) is 2.15. The summed E-state index contributed by atoms with van der Waals surface area (Å²) in [7, 11) is -3.94. The predicted molar refractivity (Wildman–Crippen MR) is 77.8 cm³/mol. The molecule has 1 heterocycles. The Morgan fingerprint density at radius 3 is 2.48 bits per heavy atom. The molecule has 2 aromatic carbocycles. The van der Waals surface area contributed by atoms with Crippen LogP contribution in [0.5, 0.6) is 0 Å². The lowest BCUT2D eigenvalue weighted by molar-refractivity contribution is -0.387. The molecule has 0 atom stereocenters. The van der Waals surface area contributed by atoms with Gasteiger partial charge in [0, 0.05) is 12.6 Å². The van der Waals surface area contributed by atoms with Crippen LogP contribution in [0.25, 0.3) is 0 Å². The Labute approximate surface area is 121 Å². The number of fused-ring (bicyclic) bond motifs is 1. The number of nitrogens with zero attached hydrogens (tertiary/aromatic N) is 2. The van der Waals surface area contributed by atoms with Gasteiger partial charge in [-0.25, -0.2) is 8.42 Å². The molecule has 0 saturated carbocycles. The maximum atomic E-state index is 12.7. The molecular weight excluding hydrogens is 292 g/mol. The average Bonchev–Trinajstić information content (AvgIpc) is 2.92. The van der Waals surface area contributed by atoms with Crippen molar-refractivity contribution >= 4 is 21.4 Å². The largest absolute Gasteiger partial charge is 0.289 e. The molecule has 1 aliphatic heterocycles. The third-order valence-corrected chi connectivity index (χ3v) is 5.34. The van der Waals surface area contributed by atoms with Crippen LogP contribution in [-0.4, -0.2) is 19.9 Å². The second kappa shape index (κ2) is 4.85. The van der Waals surface area contributed by atoms with Crippen LogP contribution in [0.3, 0.4) is 0 Å². The van der Waals surface area contributed by atoms with Gasteiger partial charge in [-0.3, -0.25) is 14.4 Å². The number of nitro benzene ring substituents is 1. The first-order valence-electron chi connectivity index (χ1n) is 6.36. The topological polar surface area (TPSA) is 80.5 Å². The molecule has 0 radical (unpaired) electrons. The van der Waals surface area contributed by atoms with E-state index in [4.69, 9.17) is 0 Å². The van der Waals surface area contributed by atoms with Gasteiger partial charge >= 0.3 is 0 Å². The number of anilines is 1. The van der Waals surface area contributed by atoms with Crippen LogP contribution in [-0.2, 0) is 16.4 Å². The molecule has 3 rings (SSSR count). The van der Waals surface area contributed by atoms with E-state index in [9.17, 15) is 18.5 Å². The van der Waals surface area contributed by atoms with Crippen molar-refractivity contribution < 1.29 is 13.3 Å². The van der Waals surface area contributed by atoms with E-state index in [1.807, 2.05) is 12.1 Å². The summed E-state index contributed by atoms with van der Waals surface area (Å²) in [4.78, 5) is 10.1. The second-order valence-corrected chi connectivity index (χ2v) is 6.51. The van der Waals surface area contributed by atoms with Crippen LogP contribution in [0.2, 0.25) is 0 Å². The summed E-state index contributed by atoms with van der Waals surface area (Å²) >= 11 is 0. The number of nitro groups is 1. The molecule has 21 heavy (non-hydrogen) atoms. The Morgan fingerprint density at radius 1 is 1.05 bits per heavy atom. The van der Waals surface area contributed by atoms with Crippen LogP contribution in [0, 0.1) is 10.1 Å². The molecule has 2 aromatic rings. The fraction of sp³-hybridized carbons (Fsp3) is 0.143. The minimum absolute atomic E-state index is 0.272. The van der Waals surface area contributed by atoms with Crippen molar-refractivity contribution in [2.75, 3.05) is 10.8 Å². The fourth-order valence-electron chi connectivity index (χ4n) is 2.50. The van der Waals surface area contributed by atoms with Crippen LogP contribution >= 0.6 is 0 Å². The summed E-state index contributed by atoms with van der Waals surface area (Å²) < 4.78 is 26.7. The molecule has 7 heteroatoms. The summed E-state index contributed by atoms with van der Waals surface area (Å²) in [6.45, 7) is 0.299. The normalized spacial score (nSPS) is 14.0. The predicted octanol–water partition coefficient (Wildman–Crippen LogP) is 2.35. The van der Waals surface area contributed by atoms with Crippen molar-refractivity contribution in [2.45, 2.75) is 11.3 Å².